The quantitative estimate of drug-likeness (QED) is 0.665. The van der Waals surface area contributed by atoms with E-state index in [4.69, 9.17) is 4.42 Å². The summed E-state index contributed by atoms with van der Waals surface area (Å²) in [5, 5.41) is 2.47. The molecule has 3 heteroatoms. The number of benzene rings is 1. The highest BCUT2D eigenvalue weighted by molar-refractivity contribution is 6.07. The zero-order chi connectivity index (χ0) is 13.7. The second kappa shape index (κ2) is 4.32. The van der Waals surface area contributed by atoms with Gasteiger partial charge in [-0.15, -0.1) is 0 Å². The maximum atomic E-state index is 6.04. The maximum absolute atomic E-state index is 6.04. The van der Waals surface area contributed by atoms with E-state index >= 15 is 0 Å². The lowest BCUT2D eigenvalue weighted by atomic mass is 10.00. The molecule has 0 radical (unpaired) electrons. The summed E-state index contributed by atoms with van der Waals surface area (Å²) in [5.74, 6) is 0. The standard InChI is InChI=1S/C17H18N2O/c1-11-17-16(12-6-3-4-8-15(12)20-17)13(10-18-11)14-7-5-9-19(14)2/h3-4,6,8,10,14H,5,7,9H2,1-2H3/t14-/m0/s1. The molecule has 3 nitrogen and oxygen atoms in total. The number of pyridine rings is 1. The molecule has 0 amide bonds. The molecule has 1 fully saturated rings. The number of aryl methyl sites for hydroxylation is 1. The minimum atomic E-state index is 0.464. The molecule has 0 aliphatic carbocycles. The molecular formula is C17H18N2O. The Balaban J connectivity index is 2.08. The first kappa shape index (κ1) is 11.9. The Kier molecular flexibility index (Phi) is 2.57. The molecule has 0 saturated carbocycles. The molecule has 102 valence electrons. The van der Waals surface area contributed by atoms with Crippen LogP contribution in [0.4, 0.5) is 0 Å². The average Bonchev–Trinajstić information content (AvgIpc) is 3.04. The largest absolute Gasteiger partial charge is 0.454 e. The summed E-state index contributed by atoms with van der Waals surface area (Å²) in [6.45, 7) is 3.18. The number of furan rings is 1. The summed E-state index contributed by atoms with van der Waals surface area (Å²) in [5.41, 5.74) is 4.20. The Labute approximate surface area is 118 Å². The Morgan fingerprint density at radius 1 is 1.30 bits per heavy atom. The van der Waals surface area contributed by atoms with Crippen LogP contribution in [0.3, 0.4) is 0 Å². The minimum absolute atomic E-state index is 0.464. The van der Waals surface area contributed by atoms with Crippen LogP contribution in [0, 0.1) is 6.92 Å². The monoisotopic (exact) mass is 266 g/mol. The predicted octanol–water partition coefficient (Wildman–Crippen LogP) is 4.06. The fourth-order valence-electron chi connectivity index (χ4n) is 3.43. The Hall–Kier alpha value is -1.87. The lowest BCUT2D eigenvalue weighted by molar-refractivity contribution is 0.318. The zero-order valence-electron chi connectivity index (χ0n) is 11.9. The third-order valence-electron chi connectivity index (χ3n) is 4.49. The summed E-state index contributed by atoms with van der Waals surface area (Å²) in [7, 11) is 2.20. The van der Waals surface area contributed by atoms with Gasteiger partial charge in [-0.3, -0.25) is 9.88 Å². The van der Waals surface area contributed by atoms with Gasteiger partial charge in [-0.1, -0.05) is 18.2 Å². The Morgan fingerprint density at radius 3 is 2.95 bits per heavy atom. The molecule has 0 unspecified atom stereocenters. The summed E-state index contributed by atoms with van der Waals surface area (Å²) < 4.78 is 6.04. The molecule has 0 N–H and O–H groups in total. The van der Waals surface area contributed by atoms with E-state index in [-0.39, 0.29) is 0 Å². The van der Waals surface area contributed by atoms with E-state index in [1.54, 1.807) is 0 Å². The van der Waals surface area contributed by atoms with Gasteiger partial charge < -0.3 is 4.42 Å². The maximum Gasteiger partial charge on any atom is 0.156 e. The second-order valence-corrected chi connectivity index (χ2v) is 5.74. The van der Waals surface area contributed by atoms with Gasteiger partial charge in [0.2, 0.25) is 0 Å². The third kappa shape index (κ3) is 1.59. The molecule has 1 atom stereocenters. The van der Waals surface area contributed by atoms with E-state index < -0.39 is 0 Å². The van der Waals surface area contributed by atoms with Crippen molar-refractivity contribution in [2.75, 3.05) is 13.6 Å². The van der Waals surface area contributed by atoms with Crippen LogP contribution < -0.4 is 0 Å². The van der Waals surface area contributed by atoms with Crippen molar-refractivity contribution in [3.05, 3.63) is 41.7 Å². The highest BCUT2D eigenvalue weighted by Gasteiger charge is 2.26. The number of rotatable bonds is 1. The van der Waals surface area contributed by atoms with Crippen LogP contribution in [0.5, 0.6) is 0 Å². The normalized spacial score (nSPS) is 20.2. The van der Waals surface area contributed by atoms with E-state index in [0.29, 0.717) is 6.04 Å². The van der Waals surface area contributed by atoms with Gasteiger partial charge in [-0.25, -0.2) is 0 Å². The van der Waals surface area contributed by atoms with Crippen LogP contribution in [-0.4, -0.2) is 23.5 Å². The predicted molar refractivity (Wildman–Crippen MR) is 80.9 cm³/mol. The van der Waals surface area contributed by atoms with Gasteiger partial charge in [0, 0.05) is 23.0 Å². The highest BCUT2D eigenvalue weighted by atomic mass is 16.3. The zero-order valence-corrected chi connectivity index (χ0v) is 11.9. The number of likely N-dealkylation sites (tertiary alicyclic amines) is 1. The number of hydrogen-bond acceptors (Lipinski definition) is 3. The van der Waals surface area contributed by atoms with Crippen molar-refractivity contribution in [2.24, 2.45) is 0 Å². The minimum Gasteiger partial charge on any atom is -0.454 e. The first-order valence-electron chi connectivity index (χ1n) is 7.22. The van der Waals surface area contributed by atoms with Crippen molar-refractivity contribution >= 4 is 21.9 Å². The fraction of sp³-hybridized carbons (Fsp3) is 0.353. The van der Waals surface area contributed by atoms with Crippen LogP contribution >= 0.6 is 0 Å². The van der Waals surface area contributed by atoms with Crippen LogP contribution in [0.1, 0.15) is 30.1 Å². The first-order valence-corrected chi connectivity index (χ1v) is 7.22. The van der Waals surface area contributed by atoms with E-state index in [9.17, 15) is 0 Å². The Bertz CT molecular complexity index is 790. The van der Waals surface area contributed by atoms with Gasteiger partial charge in [-0.05, 0) is 45.0 Å². The average molecular weight is 266 g/mol. The van der Waals surface area contributed by atoms with E-state index in [0.717, 1.165) is 23.4 Å². The molecule has 20 heavy (non-hydrogen) atoms. The van der Waals surface area contributed by atoms with Crippen LogP contribution in [0.15, 0.2) is 34.9 Å². The van der Waals surface area contributed by atoms with Crippen molar-refractivity contribution in [1.82, 2.24) is 9.88 Å². The number of nitrogens with zero attached hydrogens (tertiary/aromatic N) is 2. The number of aromatic nitrogens is 1. The molecule has 1 aliphatic rings. The molecular weight excluding hydrogens is 248 g/mol. The molecule has 3 aromatic rings. The number of fused-ring (bicyclic) bond motifs is 3. The topological polar surface area (TPSA) is 29.3 Å². The van der Waals surface area contributed by atoms with Crippen molar-refractivity contribution in [3.63, 3.8) is 0 Å². The molecule has 0 spiro atoms. The molecule has 0 bridgehead atoms. The van der Waals surface area contributed by atoms with Crippen LogP contribution in [0.2, 0.25) is 0 Å². The highest BCUT2D eigenvalue weighted by Crippen LogP contribution is 2.39. The number of hydrogen-bond donors (Lipinski definition) is 0. The van der Waals surface area contributed by atoms with Gasteiger partial charge in [-0.2, -0.15) is 0 Å². The summed E-state index contributed by atoms with van der Waals surface area (Å²) in [4.78, 5) is 6.99. The molecule has 1 saturated heterocycles. The lowest BCUT2D eigenvalue weighted by Gasteiger charge is -2.20. The van der Waals surface area contributed by atoms with Gasteiger partial charge in [0.25, 0.3) is 0 Å². The smallest absolute Gasteiger partial charge is 0.156 e. The van der Waals surface area contributed by atoms with Crippen molar-refractivity contribution in [2.45, 2.75) is 25.8 Å². The van der Waals surface area contributed by atoms with Gasteiger partial charge in [0.15, 0.2) is 5.58 Å². The van der Waals surface area contributed by atoms with Crippen LogP contribution in [0.25, 0.3) is 21.9 Å². The van der Waals surface area contributed by atoms with Crippen molar-refractivity contribution < 1.29 is 4.42 Å². The van der Waals surface area contributed by atoms with Gasteiger partial charge in [0.1, 0.15) is 5.58 Å². The third-order valence-corrected chi connectivity index (χ3v) is 4.49. The lowest BCUT2D eigenvalue weighted by Crippen LogP contribution is -2.17. The van der Waals surface area contributed by atoms with E-state index in [2.05, 4.69) is 29.1 Å². The molecule has 1 aliphatic heterocycles. The Morgan fingerprint density at radius 2 is 2.15 bits per heavy atom. The van der Waals surface area contributed by atoms with E-state index in [1.165, 1.54) is 29.2 Å². The summed E-state index contributed by atoms with van der Waals surface area (Å²) in [6.07, 6.45) is 4.51. The van der Waals surface area contributed by atoms with Gasteiger partial charge in [0.05, 0.1) is 5.69 Å². The number of para-hydroxylation sites is 1. The molecule has 3 heterocycles. The summed E-state index contributed by atoms with van der Waals surface area (Å²) >= 11 is 0. The second-order valence-electron chi connectivity index (χ2n) is 5.74. The molecule has 1 aromatic carbocycles. The molecule has 2 aromatic heterocycles. The van der Waals surface area contributed by atoms with E-state index in [1.807, 2.05) is 25.3 Å². The van der Waals surface area contributed by atoms with Crippen molar-refractivity contribution in [3.8, 4) is 0 Å². The van der Waals surface area contributed by atoms with Gasteiger partial charge >= 0.3 is 0 Å². The SMILES string of the molecule is Cc1ncc([C@@H]2CCCN2C)c2c1oc1ccccc12. The van der Waals surface area contributed by atoms with Crippen molar-refractivity contribution in [1.29, 1.82) is 0 Å². The summed E-state index contributed by atoms with van der Waals surface area (Å²) in [6, 6.07) is 8.76. The fourth-order valence-corrected chi connectivity index (χ4v) is 3.43. The first-order chi connectivity index (χ1) is 9.75. The van der Waals surface area contributed by atoms with Crippen LogP contribution in [-0.2, 0) is 0 Å². The molecule has 4 rings (SSSR count).